The Labute approximate surface area is 140 Å². The van der Waals surface area contributed by atoms with Gasteiger partial charge in [0, 0.05) is 17.3 Å². The summed E-state index contributed by atoms with van der Waals surface area (Å²) in [5.41, 5.74) is 3.58. The third-order valence-corrected chi connectivity index (χ3v) is 3.69. The molecule has 0 saturated heterocycles. The quantitative estimate of drug-likeness (QED) is 0.777. The zero-order valence-corrected chi connectivity index (χ0v) is 14.0. The number of benzene rings is 1. The molecule has 7 heteroatoms. The van der Waals surface area contributed by atoms with Crippen LogP contribution in [0.15, 0.2) is 43.0 Å². The van der Waals surface area contributed by atoms with Crippen LogP contribution in [-0.2, 0) is 6.54 Å². The van der Waals surface area contributed by atoms with Crippen LogP contribution in [0, 0.1) is 13.8 Å². The fourth-order valence-corrected chi connectivity index (χ4v) is 2.60. The molecule has 1 N–H and O–H groups in total. The second-order valence-electron chi connectivity index (χ2n) is 5.88. The third kappa shape index (κ3) is 3.51. The van der Waals surface area contributed by atoms with E-state index in [1.807, 2.05) is 55.8 Å². The van der Waals surface area contributed by atoms with Gasteiger partial charge in [0.25, 0.3) is 5.91 Å². The Morgan fingerprint density at radius 2 is 2.00 bits per heavy atom. The summed E-state index contributed by atoms with van der Waals surface area (Å²) in [6.45, 7) is 6.48. The van der Waals surface area contributed by atoms with Gasteiger partial charge in [0.15, 0.2) is 0 Å². The van der Waals surface area contributed by atoms with Crippen LogP contribution in [0.3, 0.4) is 0 Å². The first-order valence-electron chi connectivity index (χ1n) is 7.80. The van der Waals surface area contributed by atoms with Gasteiger partial charge in [-0.1, -0.05) is 0 Å². The number of aromatic nitrogens is 5. The Balaban J connectivity index is 1.66. The molecule has 7 nitrogen and oxygen atoms in total. The molecule has 124 valence electrons. The summed E-state index contributed by atoms with van der Waals surface area (Å²) in [7, 11) is 0. The Morgan fingerprint density at radius 3 is 2.58 bits per heavy atom. The van der Waals surface area contributed by atoms with E-state index in [4.69, 9.17) is 0 Å². The van der Waals surface area contributed by atoms with Crippen molar-refractivity contribution in [1.29, 1.82) is 0 Å². The van der Waals surface area contributed by atoms with Crippen molar-refractivity contribution >= 4 is 5.91 Å². The van der Waals surface area contributed by atoms with Crippen LogP contribution in [0.5, 0.6) is 0 Å². The molecule has 2 heterocycles. The van der Waals surface area contributed by atoms with Gasteiger partial charge >= 0.3 is 0 Å². The van der Waals surface area contributed by atoms with E-state index in [0.29, 0.717) is 12.1 Å². The number of amides is 1. The van der Waals surface area contributed by atoms with Gasteiger partial charge in [0.2, 0.25) is 0 Å². The maximum Gasteiger partial charge on any atom is 0.251 e. The van der Waals surface area contributed by atoms with Gasteiger partial charge < -0.3 is 5.32 Å². The monoisotopic (exact) mass is 324 g/mol. The Bertz CT molecular complexity index is 819. The first-order valence-corrected chi connectivity index (χ1v) is 7.80. The van der Waals surface area contributed by atoms with Crippen molar-refractivity contribution in [1.82, 2.24) is 29.9 Å². The number of nitrogens with one attached hydrogen (secondary N) is 1. The average molecular weight is 324 g/mol. The highest BCUT2D eigenvalue weighted by Crippen LogP contribution is 2.13. The van der Waals surface area contributed by atoms with Crippen molar-refractivity contribution in [2.45, 2.75) is 33.4 Å². The van der Waals surface area contributed by atoms with E-state index in [1.165, 1.54) is 6.33 Å². The van der Waals surface area contributed by atoms with E-state index >= 15 is 0 Å². The maximum absolute atomic E-state index is 12.3. The highest BCUT2D eigenvalue weighted by molar-refractivity contribution is 5.94. The summed E-state index contributed by atoms with van der Waals surface area (Å²) < 4.78 is 3.56. The van der Waals surface area contributed by atoms with Crippen LogP contribution in [0.2, 0.25) is 0 Å². The molecular weight excluding hydrogens is 304 g/mol. The predicted octanol–water partition coefficient (Wildman–Crippen LogP) is 1.90. The molecule has 1 amide bonds. The van der Waals surface area contributed by atoms with Gasteiger partial charge in [0.05, 0.1) is 17.9 Å². The van der Waals surface area contributed by atoms with Crippen LogP contribution in [0.4, 0.5) is 0 Å². The van der Waals surface area contributed by atoms with Gasteiger partial charge in [-0.3, -0.25) is 9.48 Å². The topological polar surface area (TPSA) is 77.6 Å². The number of nitrogens with zero attached hydrogens (tertiary/aromatic N) is 5. The summed E-state index contributed by atoms with van der Waals surface area (Å²) in [5.74, 6) is -0.109. The number of rotatable bonds is 5. The van der Waals surface area contributed by atoms with E-state index < -0.39 is 0 Å². The number of hydrogen-bond donors (Lipinski definition) is 1. The molecule has 0 radical (unpaired) electrons. The molecular formula is C17H20N6O. The largest absolute Gasteiger partial charge is 0.348 e. The molecule has 0 bridgehead atoms. The number of carbonyl (C=O) groups excluding carboxylic acids is 1. The summed E-state index contributed by atoms with van der Waals surface area (Å²) in [4.78, 5) is 16.2. The van der Waals surface area contributed by atoms with E-state index in [-0.39, 0.29) is 11.9 Å². The normalized spacial score (nSPS) is 12.1. The van der Waals surface area contributed by atoms with Gasteiger partial charge in [-0.25, -0.2) is 9.67 Å². The van der Waals surface area contributed by atoms with Crippen molar-refractivity contribution < 1.29 is 4.79 Å². The Morgan fingerprint density at radius 1 is 1.25 bits per heavy atom. The van der Waals surface area contributed by atoms with Crippen LogP contribution < -0.4 is 5.32 Å². The predicted molar refractivity (Wildman–Crippen MR) is 90.0 cm³/mol. The van der Waals surface area contributed by atoms with Crippen LogP contribution in [0.25, 0.3) is 5.69 Å². The molecule has 0 aliphatic rings. The first-order chi connectivity index (χ1) is 11.5. The molecule has 24 heavy (non-hydrogen) atoms. The number of carbonyl (C=O) groups is 1. The smallest absolute Gasteiger partial charge is 0.251 e. The number of aryl methyl sites for hydroxylation is 2. The molecule has 1 atom stereocenters. The van der Waals surface area contributed by atoms with E-state index in [9.17, 15) is 4.79 Å². The Hall–Kier alpha value is -2.96. The third-order valence-electron chi connectivity index (χ3n) is 3.69. The molecule has 3 aromatic rings. The van der Waals surface area contributed by atoms with Crippen molar-refractivity contribution in [3.8, 4) is 5.69 Å². The van der Waals surface area contributed by atoms with Gasteiger partial charge in [-0.2, -0.15) is 10.2 Å². The summed E-state index contributed by atoms with van der Waals surface area (Å²) in [6.07, 6.45) is 3.11. The molecule has 0 aliphatic carbocycles. The minimum atomic E-state index is -0.109. The second kappa shape index (κ2) is 6.66. The highest BCUT2D eigenvalue weighted by Gasteiger charge is 2.11. The van der Waals surface area contributed by atoms with Crippen LogP contribution in [0.1, 0.15) is 28.7 Å². The van der Waals surface area contributed by atoms with E-state index in [2.05, 4.69) is 20.5 Å². The zero-order valence-electron chi connectivity index (χ0n) is 14.0. The molecule has 1 unspecified atom stereocenters. The fourth-order valence-electron chi connectivity index (χ4n) is 2.60. The molecule has 0 saturated carbocycles. The van der Waals surface area contributed by atoms with Gasteiger partial charge in [0.1, 0.15) is 12.7 Å². The molecule has 0 spiro atoms. The summed E-state index contributed by atoms with van der Waals surface area (Å²) in [6, 6.07) is 9.39. The number of hydrogen-bond acceptors (Lipinski definition) is 4. The van der Waals surface area contributed by atoms with E-state index in [1.54, 1.807) is 11.0 Å². The lowest BCUT2D eigenvalue weighted by atomic mass is 10.2. The Kier molecular flexibility index (Phi) is 4.41. The summed E-state index contributed by atoms with van der Waals surface area (Å²) >= 11 is 0. The van der Waals surface area contributed by atoms with Crippen LogP contribution >= 0.6 is 0 Å². The summed E-state index contributed by atoms with van der Waals surface area (Å²) in [5, 5.41) is 11.4. The van der Waals surface area contributed by atoms with Crippen molar-refractivity contribution in [2.24, 2.45) is 0 Å². The van der Waals surface area contributed by atoms with Crippen molar-refractivity contribution in [3.05, 3.63) is 59.9 Å². The SMILES string of the molecule is Cc1cc(C)n(-c2ccc(C(=O)NC(C)Cn3cncn3)cc2)n1. The molecule has 0 fully saturated rings. The van der Waals surface area contributed by atoms with Crippen molar-refractivity contribution in [2.75, 3.05) is 0 Å². The zero-order chi connectivity index (χ0) is 17.1. The maximum atomic E-state index is 12.3. The van der Waals surface area contributed by atoms with E-state index in [0.717, 1.165) is 17.1 Å². The van der Waals surface area contributed by atoms with Crippen molar-refractivity contribution in [3.63, 3.8) is 0 Å². The lowest BCUT2D eigenvalue weighted by Crippen LogP contribution is -2.35. The molecule has 0 aliphatic heterocycles. The second-order valence-corrected chi connectivity index (χ2v) is 5.88. The minimum absolute atomic E-state index is 0.0464. The van der Waals surface area contributed by atoms with Crippen LogP contribution in [-0.4, -0.2) is 36.5 Å². The average Bonchev–Trinajstić information content (AvgIpc) is 3.16. The van der Waals surface area contributed by atoms with Gasteiger partial charge in [-0.05, 0) is 51.1 Å². The standard InChI is InChI=1S/C17H20N6O/c1-12-8-14(3)23(21-12)16-6-4-15(5-7-16)17(24)20-13(2)9-22-11-18-10-19-22/h4-8,10-11,13H,9H2,1-3H3,(H,20,24). The highest BCUT2D eigenvalue weighted by atomic mass is 16.1. The first kappa shape index (κ1) is 15.9. The molecule has 3 rings (SSSR count). The molecule has 1 aromatic carbocycles. The minimum Gasteiger partial charge on any atom is -0.348 e. The van der Waals surface area contributed by atoms with Gasteiger partial charge in [-0.15, -0.1) is 0 Å². The molecule has 2 aromatic heterocycles. The lowest BCUT2D eigenvalue weighted by Gasteiger charge is -2.14. The lowest BCUT2D eigenvalue weighted by molar-refractivity contribution is 0.0936. The fraction of sp³-hybridized carbons (Fsp3) is 0.294.